The Hall–Kier alpha value is -3.14. The molecule has 1 N–H and O–H groups in total. The number of sulfonamides is 1. The molecular weight excluding hydrogens is 358 g/mol. The smallest absolute Gasteiger partial charge is 0.262 e. The average molecular weight is 375 g/mol. The van der Waals surface area contributed by atoms with E-state index in [0.29, 0.717) is 28.4 Å². The minimum absolute atomic E-state index is 0.0578. The van der Waals surface area contributed by atoms with Crippen LogP contribution in [0.25, 0.3) is 5.69 Å². The largest absolute Gasteiger partial charge is 0.493 e. The lowest BCUT2D eigenvalue weighted by Crippen LogP contribution is -2.14. The standard InChI is InChI=1S/C16H17N5O4S/c1-11-13(5-4-6-14(11)21-10-17-19-20-21)18-26(22,23)12-7-8-15(24-2)16(9-12)25-3/h4-10,18H,1-3H3. The highest BCUT2D eigenvalue weighted by Crippen LogP contribution is 2.31. The molecule has 26 heavy (non-hydrogen) atoms. The van der Waals surface area contributed by atoms with Crippen LogP contribution in [0.15, 0.2) is 47.6 Å². The maximum atomic E-state index is 12.8. The maximum Gasteiger partial charge on any atom is 0.262 e. The second-order valence-electron chi connectivity index (χ2n) is 5.33. The van der Waals surface area contributed by atoms with Crippen LogP contribution in [0.2, 0.25) is 0 Å². The van der Waals surface area contributed by atoms with Crippen molar-refractivity contribution in [1.82, 2.24) is 20.2 Å². The van der Waals surface area contributed by atoms with E-state index >= 15 is 0 Å². The summed E-state index contributed by atoms with van der Waals surface area (Å²) in [6, 6.07) is 9.57. The predicted molar refractivity (Wildman–Crippen MR) is 94.2 cm³/mol. The van der Waals surface area contributed by atoms with Crippen molar-refractivity contribution in [1.29, 1.82) is 0 Å². The molecule has 3 aromatic rings. The molecule has 2 aromatic carbocycles. The zero-order chi connectivity index (χ0) is 18.7. The first-order valence-electron chi connectivity index (χ1n) is 7.54. The van der Waals surface area contributed by atoms with Gasteiger partial charge < -0.3 is 9.47 Å². The minimum atomic E-state index is -3.83. The van der Waals surface area contributed by atoms with Gasteiger partial charge in [-0.3, -0.25) is 4.72 Å². The van der Waals surface area contributed by atoms with E-state index in [1.165, 1.54) is 43.4 Å². The monoisotopic (exact) mass is 375 g/mol. The molecule has 0 saturated carbocycles. The summed E-state index contributed by atoms with van der Waals surface area (Å²) in [6.07, 6.45) is 1.44. The van der Waals surface area contributed by atoms with E-state index in [1.807, 2.05) is 0 Å². The van der Waals surface area contributed by atoms with E-state index in [9.17, 15) is 8.42 Å². The number of hydrogen-bond donors (Lipinski definition) is 1. The van der Waals surface area contributed by atoms with Crippen LogP contribution in [-0.4, -0.2) is 42.8 Å². The fourth-order valence-electron chi connectivity index (χ4n) is 2.44. The molecule has 0 atom stereocenters. The highest BCUT2D eigenvalue weighted by atomic mass is 32.2. The number of methoxy groups -OCH3 is 2. The third-order valence-electron chi connectivity index (χ3n) is 3.81. The Balaban J connectivity index is 1.97. The molecule has 3 rings (SSSR count). The van der Waals surface area contributed by atoms with Gasteiger partial charge in [0.1, 0.15) is 6.33 Å². The quantitative estimate of drug-likeness (QED) is 0.699. The van der Waals surface area contributed by atoms with Gasteiger partial charge in [-0.1, -0.05) is 6.07 Å². The van der Waals surface area contributed by atoms with Crippen molar-refractivity contribution in [3.05, 3.63) is 48.3 Å². The number of hydrogen-bond acceptors (Lipinski definition) is 7. The number of anilines is 1. The van der Waals surface area contributed by atoms with E-state index in [-0.39, 0.29) is 4.90 Å². The van der Waals surface area contributed by atoms with Crippen LogP contribution >= 0.6 is 0 Å². The Morgan fingerprint density at radius 3 is 2.50 bits per heavy atom. The van der Waals surface area contributed by atoms with Crippen LogP contribution in [0.4, 0.5) is 5.69 Å². The molecule has 0 bridgehead atoms. The number of ether oxygens (including phenoxy) is 2. The Morgan fingerprint density at radius 2 is 1.85 bits per heavy atom. The lowest BCUT2D eigenvalue weighted by molar-refractivity contribution is 0.354. The Labute approximate surface area is 150 Å². The van der Waals surface area contributed by atoms with Gasteiger partial charge in [0.15, 0.2) is 11.5 Å². The topological polar surface area (TPSA) is 108 Å². The van der Waals surface area contributed by atoms with Crippen molar-refractivity contribution in [2.75, 3.05) is 18.9 Å². The molecule has 10 heteroatoms. The number of aromatic nitrogens is 4. The molecular formula is C16H17N5O4S. The summed E-state index contributed by atoms with van der Waals surface area (Å²) >= 11 is 0. The predicted octanol–water partition coefficient (Wildman–Crippen LogP) is 1.79. The van der Waals surface area contributed by atoms with Gasteiger partial charge in [-0.15, -0.1) is 5.10 Å². The van der Waals surface area contributed by atoms with Gasteiger partial charge in [0.2, 0.25) is 0 Å². The highest BCUT2D eigenvalue weighted by Gasteiger charge is 2.19. The van der Waals surface area contributed by atoms with Gasteiger partial charge in [0.25, 0.3) is 10.0 Å². The highest BCUT2D eigenvalue weighted by molar-refractivity contribution is 7.92. The first-order chi connectivity index (χ1) is 12.5. The van der Waals surface area contributed by atoms with Crippen LogP contribution in [0, 0.1) is 6.92 Å². The first kappa shape index (κ1) is 17.7. The summed E-state index contributed by atoms with van der Waals surface area (Å²) in [6.45, 7) is 1.78. The van der Waals surface area contributed by atoms with Crippen LogP contribution in [-0.2, 0) is 10.0 Å². The number of nitrogens with one attached hydrogen (secondary N) is 1. The van der Waals surface area contributed by atoms with Crippen molar-refractivity contribution >= 4 is 15.7 Å². The van der Waals surface area contributed by atoms with Crippen molar-refractivity contribution in [2.45, 2.75) is 11.8 Å². The molecule has 0 spiro atoms. The number of tetrazole rings is 1. The number of nitrogens with zero attached hydrogens (tertiary/aromatic N) is 4. The van der Waals surface area contributed by atoms with E-state index in [4.69, 9.17) is 9.47 Å². The lowest BCUT2D eigenvalue weighted by atomic mass is 10.1. The van der Waals surface area contributed by atoms with Crippen molar-refractivity contribution < 1.29 is 17.9 Å². The molecule has 0 aliphatic heterocycles. The minimum Gasteiger partial charge on any atom is -0.493 e. The first-order valence-corrected chi connectivity index (χ1v) is 9.02. The average Bonchev–Trinajstić information content (AvgIpc) is 3.17. The van der Waals surface area contributed by atoms with Crippen molar-refractivity contribution in [2.24, 2.45) is 0 Å². The molecule has 1 heterocycles. The third kappa shape index (κ3) is 3.31. The van der Waals surface area contributed by atoms with Gasteiger partial charge >= 0.3 is 0 Å². The molecule has 0 amide bonds. The maximum absolute atomic E-state index is 12.8. The molecule has 0 radical (unpaired) electrons. The second kappa shape index (κ2) is 7.00. The number of rotatable bonds is 6. The summed E-state index contributed by atoms with van der Waals surface area (Å²) < 4.78 is 39.9. The van der Waals surface area contributed by atoms with E-state index in [0.717, 1.165) is 0 Å². The summed E-state index contributed by atoms with van der Waals surface area (Å²) in [5.41, 5.74) is 1.78. The summed E-state index contributed by atoms with van der Waals surface area (Å²) in [5, 5.41) is 11.0. The second-order valence-corrected chi connectivity index (χ2v) is 7.01. The van der Waals surface area contributed by atoms with Crippen LogP contribution < -0.4 is 14.2 Å². The van der Waals surface area contributed by atoms with Gasteiger partial charge in [-0.2, -0.15) is 0 Å². The van der Waals surface area contributed by atoms with Gasteiger partial charge in [0, 0.05) is 6.07 Å². The zero-order valence-electron chi connectivity index (χ0n) is 14.4. The molecule has 9 nitrogen and oxygen atoms in total. The normalized spacial score (nSPS) is 11.2. The van der Waals surface area contributed by atoms with Crippen LogP contribution in [0.1, 0.15) is 5.56 Å². The van der Waals surface area contributed by atoms with E-state index in [2.05, 4.69) is 20.2 Å². The molecule has 0 unspecified atom stereocenters. The molecule has 0 aliphatic carbocycles. The Bertz CT molecular complexity index is 1020. The molecule has 136 valence electrons. The fourth-order valence-corrected chi connectivity index (χ4v) is 3.58. The number of benzene rings is 2. The van der Waals surface area contributed by atoms with E-state index in [1.54, 1.807) is 25.1 Å². The zero-order valence-corrected chi connectivity index (χ0v) is 15.2. The molecule has 0 fully saturated rings. The third-order valence-corrected chi connectivity index (χ3v) is 5.17. The van der Waals surface area contributed by atoms with Gasteiger partial charge in [-0.05, 0) is 47.2 Å². The van der Waals surface area contributed by atoms with Crippen LogP contribution in [0.3, 0.4) is 0 Å². The van der Waals surface area contributed by atoms with E-state index < -0.39 is 10.0 Å². The summed E-state index contributed by atoms with van der Waals surface area (Å²) in [5.74, 6) is 0.776. The summed E-state index contributed by atoms with van der Waals surface area (Å²) in [4.78, 5) is 0.0578. The Kier molecular flexibility index (Phi) is 4.76. The Morgan fingerprint density at radius 1 is 1.08 bits per heavy atom. The molecule has 0 aliphatic rings. The fraction of sp³-hybridized carbons (Fsp3) is 0.188. The van der Waals surface area contributed by atoms with Gasteiger partial charge in [-0.25, -0.2) is 13.1 Å². The molecule has 1 aromatic heterocycles. The summed E-state index contributed by atoms with van der Waals surface area (Å²) in [7, 11) is -0.895. The van der Waals surface area contributed by atoms with Crippen LogP contribution in [0.5, 0.6) is 11.5 Å². The van der Waals surface area contributed by atoms with Crippen molar-refractivity contribution in [3.8, 4) is 17.2 Å². The lowest BCUT2D eigenvalue weighted by Gasteiger charge is -2.14. The van der Waals surface area contributed by atoms with Crippen molar-refractivity contribution in [3.63, 3.8) is 0 Å². The SMILES string of the molecule is COc1ccc(S(=O)(=O)Nc2cccc(-n3cnnn3)c2C)cc1OC. The molecule has 0 saturated heterocycles. The van der Waals surface area contributed by atoms with Gasteiger partial charge in [0.05, 0.1) is 30.5 Å².